The maximum atomic E-state index is 12.0. The van der Waals surface area contributed by atoms with Crippen LogP contribution in [-0.4, -0.2) is 0 Å². The molecule has 0 spiro atoms. The zero-order valence-electron chi connectivity index (χ0n) is 5.73. The Labute approximate surface area is 78.7 Å². The molecular weight excluding hydrogens is 212 g/mol. The van der Waals surface area contributed by atoms with E-state index in [1.165, 1.54) is 18.2 Å². The molecular formula is C7H5Cl2F3. The smallest absolute Gasteiger partial charge is 0.166 e. The summed E-state index contributed by atoms with van der Waals surface area (Å²) in [5.41, 5.74) is -0.790. The summed E-state index contributed by atoms with van der Waals surface area (Å²) in [4.78, 5) is 0. The molecule has 0 atom stereocenters. The van der Waals surface area contributed by atoms with Crippen LogP contribution in [-0.2, 0) is 6.18 Å². The van der Waals surface area contributed by atoms with Gasteiger partial charge in [0.2, 0.25) is 0 Å². The van der Waals surface area contributed by atoms with E-state index in [1.54, 1.807) is 0 Å². The first-order valence-corrected chi connectivity index (χ1v) is 3.21. The molecule has 68 valence electrons. The molecule has 0 saturated heterocycles. The monoisotopic (exact) mass is 216 g/mol. The van der Waals surface area contributed by atoms with Crippen LogP contribution in [0.3, 0.4) is 0 Å². The molecule has 0 nitrogen and oxygen atoms in total. The Bertz CT molecular complexity index is 257. The van der Waals surface area contributed by atoms with Crippen molar-refractivity contribution in [3.8, 4) is 0 Å². The number of alkyl halides is 3. The van der Waals surface area contributed by atoms with Crippen LogP contribution in [0.15, 0.2) is 24.3 Å². The Balaban J connectivity index is 0.00000121. The zero-order valence-corrected chi connectivity index (χ0v) is 7.30. The lowest BCUT2D eigenvalue weighted by Gasteiger charge is -2.06. The number of rotatable bonds is 0. The normalized spacial score (nSPS) is 10.7. The fraction of sp³-hybridized carbons (Fsp3) is 0.143. The van der Waals surface area contributed by atoms with Crippen LogP contribution < -0.4 is 0 Å². The molecule has 0 radical (unpaired) electrons. The van der Waals surface area contributed by atoms with Gasteiger partial charge in [-0.3, -0.25) is 0 Å². The Morgan fingerprint density at radius 3 is 1.92 bits per heavy atom. The third kappa shape index (κ3) is 2.57. The Hall–Kier alpha value is -0.410. The van der Waals surface area contributed by atoms with Crippen molar-refractivity contribution < 1.29 is 13.2 Å². The fourth-order valence-electron chi connectivity index (χ4n) is 0.691. The molecule has 0 N–H and O–H groups in total. The molecule has 0 saturated carbocycles. The summed E-state index contributed by atoms with van der Waals surface area (Å²) < 4.78 is 35.9. The van der Waals surface area contributed by atoms with E-state index in [-0.39, 0.29) is 17.4 Å². The molecule has 1 aromatic rings. The third-order valence-corrected chi connectivity index (χ3v) is 1.51. The first-order chi connectivity index (χ1) is 5.02. The predicted octanol–water partition coefficient (Wildman–Crippen LogP) is 3.78. The molecule has 0 heterocycles. The summed E-state index contributed by atoms with van der Waals surface area (Å²) in [7, 11) is 0. The van der Waals surface area contributed by atoms with Gasteiger partial charge in [-0.2, -0.15) is 13.2 Å². The second-order valence-corrected chi connectivity index (χ2v) is 2.38. The number of benzene rings is 1. The van der Waals surface area contributed by atoms with E-state index in [2.05, 4.69) is 0 Å². The lowest BCUT2D eigenvalue weighted by atomic mass is 10.2. The largest absolute Gasteiger partial charge is 0.417 e. The zero-order chi connectivity index (χ0) is 8.48. The van der Waals surface area contributed by atoms with Crippen molar-refractivity contribution in [3.05, 3.63) is 34.9 Å². The van der Waals surface area contributed by atoms with Gasteiger partial charge in [0.05, 0.1) is 10.6 Å². The highest BCUT2D eigenvalue weighted by atomic mass is 35.5. The first kappa shape index (κ1) is 11.6. The summed E-state index contributed by atoms with van der Waals surface area (Å²) in [6, 6.07) is 4.92. The van der Waals surface area contributed by atoms with Gasteiger partial charge in [-0.15, -0.1) is 12.4 Å². The molecule has 5 heteroatoms. The van der Waals surface area contributed by atoms with E-state index in [1.807, 2.05) is 0 Å². The van der Waals surface area contributed by atoms with Crippen molar-refractivity contribution in [1.29, 1.82) is 0 Å². The molecule has 0 aliphatic heterocycles. The van der Waals surface area contributed by atoms with E-state index in [0.717, 1.165) is 6.07 Å². The highest BCUT2D eigenvalue weighted by Crippen LogP contribution is 2.33. The SMILES string of the molecule is Cl.FC(F)(F)c1ccccc1Cl. The third-order valence-electron chi connectivity index (χ3n) is 1.18. The average Bonchev–Trinajstić information content (AvgIpc) is 1.86. The van der Waals surface area contributed by atoms with E-state index >= 15 is 0 Å². The van der Waals surface area contributed by atoms with Crippen molar-refractivity contribution in [2.24, 2.45) is 0 Å². The molecule has 0 aliphatic carbocycles. The molecule has 1 aromatic carbocycles. The van der Waals surface area contributed by atoms with Gasteiger partial charge in [0.15, 0.2) is 0 Å². The van der Waals surface area contributed by atoms with Gasteiger partial charge < -0.3 is 0 Å². The minimum atomic E-state index is -4.35. The molecule has 12 heavy (non-hydrogen) atoms. The van der Waals surface area contributed by atoms with Crippen molar-refractivity contribution in [3.63, 3.8) is 0 Å². The van der Waals surface area contributed by atoms with Crippen molar-refractivity contribution in [1.82, 2.24) is 0 Å². The molecule has 0 aromatic heterocycles. The Kier molecular flexibility index (Phi) is 3.87. The quantitative estimate of drug-likeness (QED) is 0.620. The van der Waals surface area contributed by atoms with Gasteiger partial charge >= 0.3 is 6.18 Å². The van der Waals surface area contributed by atoms with Gasteiger partial charge in [-0.1, -0.05) is 23.7 Å². The van der Waals surface area contributed by atoms with Gasteiger partial charge in [0.1, 0.15) is 0 Å². The van der Waals surface area contributed by atoms with Crippen LogP contribution in [0.2, 0.25) is 5.02 Å². The predicted molar refractivity (Wildman–Crippen MR) is 43.7 cm³/mol. The second-order valence-electron chi connectivity index (χ2n) is 1.98. The lowest BCUT2D eigenvalue weighted by Crippen LogP contribution is -2.04. The molecule has 1 rings (SSSR count). The van der Waals surface area contributed by atoms with Gasteiger partial charge in [-0.25, -0.2) is 0 Å². The fourth-order valence-corrected chi connectivity index (χ4v) is 0.934. The summed E-state index contributed by atoms with van der Waals surface area (Å²) in [5.74, 6) is 0. The maximum Gasteiger partial charge on any atom is 0.417 e. The summed E-state index contributed by atoms with van der Waals surface area (Å²) in [6.07, 6.45) is -4.35. The van der Waals surface area contributed by atoms with Crippen LogP contribution in [0.4, 0.5) is 13.2 Å². The van der Waals surface area contributed by atoms with E-state index < -0.39 is 11.7 Å². The molecule has 0 fully saturated rings. The molecule has 0 bridgehead atoms. The van der Waals surface area contributed by atoms with E-state index in [9.17, 15) is 13.2 Å². The lowest BCUT2D eigenvalue weighted by molar-refractivity contribution is -0.137. The minimum absolute atomic E-state index is 0. The number of hydrogen-bond acceptors (Lipinski definition) is 0. The van der Waals surface area contributed by atoms with Gasteiger partial charge in [-0.05, 0) is 12.1 Å². The highest BCUT2D eigenvalue weighted by Gasteiger charge is 2.32. The van der Waals surface area contributed by atoms with Gasteiger partial charge in [0.25, 0.3) is 0 Å². The van der Waals surface area contributed by atoms with Crippen LogP contribution in [0.5, 0.6) is 0 Å². The van der Waals surface area contributed by atoms with Crippen LogP contribution in [0, 0.1) is 0 Å². The molecule has 0 aliphatic rings. The van der Waals surface area contributed by atoms with E-state index in [4.69, 9.17) is 11.6 Å². The maximum absolute atomic E-state index is 12.0. The van der Waals surface area contributed by atoms with E-state index in [0.29, 0.717) is 0 Å². The topological polar surface area (TPSA) is 0 Å². The van der Waals surface area contributed by atoms with Crippen LogP contribution in [0.25, 0.3) is 0 Å². The Morgan fingerprint density at radius 2 is 1.58 bits per heavy atom. The van der Waals surface area contributed by atoms with Crippen molar-refractivity contribution in [2.45, 2.75) is 6.18 Å². The van der Waals surface area contributed by atoms with Gasteiger partial charge in [0, 0.05) is 0 Å². The molecule has 0 unspecified atom stereocenters. The first-order valence-electron chi connectivity index (χ1n) is 2.83. The standard InChI is InChI=1S/C7H4ClF3.ClH/c8-6-4-2-1-3-5(6)7(9,10)11;/h1-4H;1H. The van der Waals surface area contributed by atoms with Crippen LogP contribution in [0.1, 0.15) is 5.56 Å². The second kappa shape index (κ2) is 4.01. The highest BCUT2D eigenvalue weighted by molar-refractivity contribution is 6.31. The average molecular weight is 217 g/mol. The summed E-state index contributed by atoms with van der Waals surface area (Å²) in [5, 5.41) is -0.264. The summed E-state index contributed by atoms with van der Waals surface area (Å²) >= 11 is 5.29. The number of hydrogen-bond donors (Lipinski definition) is 0. The van der Waals surface area contributed by atoms with Crippen LogP contribution >= 0.6 is 24.0 Å². The molecule has 0 amide bonds. The number of halogens is 5. The minimum Gasteiger partial charge on any atom is -0.166 e. The Morgan fingerprint density at radius 1 is 1.08 bits per heavy atom. The van der Waals surface area contributed by atoms with Crippen molar-refractivity contribution in [2.75, 3.05) is 0 Å². The summed E-state index contributed by atoms with van der Waals surface area (Å²) in [6.45, 7) is 0. The van der Waals surface area contributed by atoms with Crippen molar-refractivity contribution >= 4 is 24.0 Å².